The Hall–Kier alpha value is -1.77. The lowest BCUT2D eigenvalue weighted by atomic mass is 10.2. The lowest BCUT2D eigenvalue weighted by Crippen LogP contribution is -3.14. The second-order valence-corrected chi connectivity index (χ2v) is 5.66. The molecule has 1 saturated heterocycles. The van der Waals surface area contributed by atoms with Gasteiger partial charge < -0.3 is 20.3 Å². The van der Waals surface area contributed by atoms with Gasteiger partial charge in [0.15, 0.2) is 5.11 Å². The number of nitro benzene ring substituents is 1. The Balaban J connectivity index is 1.81. The van der Waals surface area contributed by atoms with Crippen molar-refractivity contribution in [3.05, 3.63) is 33.9 Å². The van der Waals surface area contributed by atoms with Crippen LogP contribution in [0.25, 0.3) is 0 Å². The minimum absolute atomic E-state index is 0.0497. The Morgan fingerprint density at radius 1 is 1.45 bits per heavy atom. The van der Waals surface area contributed by atoms with Crippen molar-refractivity contribution in [2.24, 2.45) is 0 Å². The van der Waals surface area contributed by atoms with E-state index in [-0.39, 0.29) is 5.69 Å². The van der Waals surface area contributed by atoms with Crippen LogP contribution >= 0.6 is 12.2 Å². The maximum Gasteiger partial charge on any atom is 0.271 e. The van der Waals surface area contributed by atoms with Crippen LogP contribution in [-0.4, -0.2) is 49.4 Å². The van der Waals surface area contributed by atoms with Gasteiger partial charge in [-0.25, -0.2) is 0 Å². The van der Waals surface area contributed by atoms with Gasteiger partial charge in [0.1, 0.15) is 13.1 Å². The first-order valence-electron chi connectivity index (χ1n) is 7.27. The molecule has 2 rings (SSSR count). The number of hydrogen-bond acceptors (Lipinski definition) is 4. The molecular weight excluding hydrogens is 304 g/mol. The highest BCUT2D eigenvalue weighted by Gasteiger charge is 2.13. The first-order chi connectivity index (χ1) is 10.6. The van der Waals surface area contributed by atoms with Crippen molar-refractivity contribution in [1.82, 2.24) is 5.32 Å². The molecule has 0 unspecified atom stereocenters. The largest absolute Gasteiger partial charge is 0.370 e. The maximum atomic E-state index is 10.8. The number of nitrogens with one attached hydrogen (secondary N) is 3. The van der Waals surface area contributed by atoms with E-state index in [1.807, 2.05) is 6.92 Å². The second-order valence-electron chi connectivity index (χ2n) is 5.25. The third kappa shape index (κ3) is 4.90. The molecule has 1 aromatic carbocycles. The third-order valence-electron chi connectivity index (χ3n) is 3.64. The number of non-ortho nitro benzene ring substituents is 1. The zero-order valence-corrected chi connectivity index (χ0v) is 13.4. The molecule has 0 radical (unpaired) electrons. The molecular formula is C14H21N4O3S+. The van der Waals surface area contributed by atoms with E-state index in [0.717, 1.165) is 45.0 Å². The van der Waals surface area contributed by atoms with Gasteiger partial charge in [0, 0.05) is 17.8 Å². The topological polar surface area (TPSA) is 80.9 Å². The molecule has 0 aromatic heterocycles. The summed E-state index contributed by atoms with van der Waals surface area (Å²) in [7, 11) is 0. The normalized spacial score (nSPS) is 15.3. The highest BCUT2D eigenvalue weighted by molar-refractivity contribution is 7.80. The predicted molar refractivity (Wildman–Crippen MR) is 88.4 cm³/mol. The number of morpholine rings is 1. The minimum Gasteiger partial charge on any atom is -0.370 e. The molecule has 0 amide bonds. The summed E-state index contributed by atoms with van der Waals surface area (Å²) < 4.78 is 5.32. The van der Waals surface area contributed by atoms with E-state index in [2.05, 4.69) is 10.6 Å². The quantitative estimate of drug-likeness (QED) is 0.405. The van der Waals surface area contributed by atoms with Crippen molar-refractivity contribution in [3.8, 4) is 0 Å². The fourth-order valence-corrected chi connectivity index (χ4v) is 2.50. The first kappa shape index (κ1) is 16.6. The summed E-state index contributed by atoms with van der Waals surface area (Å²) in [6.45, 7) is 7.27. The first-order valence-corrected chi connectivity index (χ1v) is 7.68. The van der Waals surface area contributed by atoms with Crippen LogP contribution in [0.3, 0.4) is 0 Å². The lowest BCUT2D eigenvalue weighted by Gasteiger charge is -2.24. The van der Waals surface area contributed by atoms with Crippen molar-refractivity contribution >= 4 is 28.7 Å². The number of quaternary nitrogens is 1. The van der Waals surface area contributed by atoms with Gasteiger partial charge in [-0.1, -0.05) is 6.07 Å². The molecule has 1 fully saturated rings. The Morgan fingerprint density at radius 3 is 2.86 bits per heavy atom. The molecule has 1 aliphatic rings. The second kappa shape index (κ2) is 8.02. The molecule has 0 saturated carbocycles. The van der Waals surface area contributed by atoms with Gasteiger partial charge in [-0.3, -0.25) is 10.1 Å². The molecule has 1 heterocycles. The number of anilines is 1. The monoisotopic (exact) mass is 325 g/mol. The van der Waals surface area contributed by atoms with Gasteiger partial charge in [-0.05, 0) is 24.7 Å². The van der Waals surface area contributed by atoms with Crippen LogP contribution < -0.4 is 15.5 Å². The van der Waals surface area contributed by atoms with Crippen molar-refractivity contribution in [3.63, 3.8) is 0 Å². The fraction of sp³-hybridized carbons (Fsp3) is 0.500. The molecule has 7 nitrogen and oxygen atoms in total. The molecule has 3 N–H and O–H groups in total. The van der Waals surface area contributed by atoms with E-state index in [1.54, 1.807) is 6.07 Å². The summed E-state index contributed by atoms with van der Waals surface area (Å²) in [6.07, 6.45) is 0. The van der Waals surface area contributed by atoms with Gasteiger partial charge in [-0.2, -0.15) is 0 Å². The molecule has 0 atom stereocenters. The highest BCUT2D eigenvalue weighted by Crippen LogP contribution is 2.21. The highest BCUT2D eigenvalue weighted by atomic mass is 32.1. The number of benzene rings is 1. The Labute approximate surface area is 134 Å². The van der Waals surface area contributed by atoms with Gasteiger partial charge in [-0.15, -0.1) is 0 Å². The lowest BCUT2D eigenvalue weighted by molar-refractivity contribution is -0.906. The zero-order valence-electron chi connectivity index (χ0n) is 12.6. The maximum absolute atomic E-state index is 10.8. The van der Waals surface area contributed by atoms with E-state index in [9.17, 15) is 10.1 Å². The SMILES string of the molecule is Cc1ccc([N+](=O)[O-])cc1NC(=S)NCC[NH+]1CCOCC1. The van der Waals surface area contributed by atoms with E-state index in [1.165, 1.54) is 17.0 Å². The fourth-order valence-electron chi connectivity index (χ4n) is 2.29. The summed E-state index contributed by atoms with van der Waals surface area (Å²) >= 11 is 5.25. The van der Waals surface area contributed by atoms with Crippen molar-refractivity contribution in [1.29, 1.82) is 0 Å². The number of aryl methyl sites for hydroxylation is 1. The molecule has 0 aliphatic carbocycles. The zero-order chi connectivity index (χ0) is 15.9. The minimum atomic E-state index is -0.414. The van der Waals surface area contributed by atoms with E-state index < -0.39 is 4.92 Å². The molecule has 0 spiro atoms. The molecule has 120 valence electrons. The average molecular weight is 325 g/mol. The standard InChI is InChI=1S/C14H20N4O3S/c1-11-2-3-12(18(19)20)10-13(11)16-14(22)15-4-5-17-6-8-21-9-7-17/h2-3,10H,4-9H2,1H3,(H2,15,16,22)/p+1. The Kier molecular flexibility index (Phi) is 6.05. The van der Waals surface area contributed by atoms with Gasteiger partial charge in [0.2, 0.25) is 0 Å². The van der Waals surface area contributed by atoms with E-state index in [4.69, 9.17) is 17.0 Å². The predicted octanol–water partition coefficient (Wildman–Crippen LogP) is 0.105. The molecule has 1 aliphatic heterocycles. The van der Waals surface area contributed by atoms with Gasteiger partial charge >= 0.3 is 0 Å². The summed E-state index contributed by atoms with van der Waals surface area (Å²) in [5, 5.41) is 17.5. The number of nitro groups is 1. The average Bonchev–Trinajstić information content (AvgIpc) is 2.50. The molecule has 1 aromatic rings. The Morgan fingerprint density at radius 2 is 2.18 bits per heavy atom. The number of rotatable bonds is 5. The van der Waals surface area contributed by atoms with E-state index >= 15 is 0 Å². The van der Waals surface area contributed by atoms with Crippen LogP contribution in [0.5, 0.6) is 0 Å². The number of thiocarbonyl (C=S) groups is 1. The number of hydrogen-bond donors (Lipinski definition) is 3. The van der Waals surface area contributed by atoms with Crippen LogP contribution in [0.1, 0.15) is 5.56 Å². The van der Waals surface area contributed by atoms with Crippen molar-refractivity contribution < 1.29 is 14.6 Å². The van der Waals surface area contributed by atoms with Crippen molar-refractivity contribution in [2.45, 2.75) is 6.92 Å². The van der Waals surface area contributed by atoms with Crippen LogP contribution in [0.15, 0.2) is 18.2 Å². The molecule has 22 heavy (non-hydrogen) atoms. The number of nitrogens with zero attached hydrogens (tertiary/aromatic N) is 1. The van der Waals surface area contributed by atoms with Crippen LogP contribution in [0.4, 0.5) is 11.4 Å². The summed E-state index contributed by atoms with van der Waals surface area (Å²) in [5.41, 5.74) is 1.62. The molecule has 0 bridgehead atoms. The van der Waals surface area contributed by atoms with Gasteiger partial charge in [0.05, 0.1) is 31.2 Å². The number of ether oxygens (including phenoxy) is 1. The smallest absolute Gasteiger partial charge is 0.271 e. The third-order valence-corrected chi connectivity index (χ3v) is 3.89. The Bertz CT molecular complexity index is 547. The molecule has 8 heteroatoms. The van der Waals surface area contributed by atoms with Crippen LogP contribution in [0, 0.1) is 17.0 Å². The summed E-state index contributed by atoms with van der Waals surface area (Å²) in [6, 6.07) is 4.69. The van der Waals surface area contributed by atoms with Gasteiger partial charge in [0.25, 0.3) is 5.69 Å². The van der Waals surface area contributed by atoms with Crippen LogP contribution in [-0.2, 0) is 4.74 Å². The van der Waals surface area contributed by atoms with Crippen LogP contribution in [0.2, 0.25) is 0 Å². The van der Waals surface area contributed by atoms with E-state index in [0.29, 0.717) is 10.8 Å². The summed E-state index contributed by atoms with van der Waals surface area (Å²) in [5.74, 6) is 0. The van der Waals surface area contributed by atoms with Crippen molar-refractivity contribution in [2.75, 3.05) is 44.7 Å². The summed E-state index contributed by atoms with van der Waals surface area (Å²) in [4.78, 5) is 11.9.